The summed E-state index contributed by atoms with van der Waals surface area (Å²) in [7, 11) is 0. The number of hydrogen-bond acceptors (Lipinski definition) is 1. The maximum atomic E-state index is 4.94. The van der Waals surface area contributed by atoms with E-state index in [-0.39, 0.29) is 0 Å². The van der Waals surface area contributed by atoms with Gasteiger partial charge in [0.25, 0.3) is 0 Å². The Labute approximate surface area is 296 Å². The molecule has 0 unspecified atom stereocenters. The van der Waals surface area contributed by atoms with Gasteiger partial charge >= 0.3 is 0 Å². The highest BCUT2D eigenvalue weighted by Gasteiger charge is 2.19. The number of hydrogen-bond donors (Lipinski definition) is 0. The fourth-order valence-corrected chi connectivity index (χ4v) is 7.95. The topological polar surface area (TPSA) is 17.8 Å². The van der Waals surface area contributed by atoms with Crippen molar-refractivity contribution in [2.75, 3.05) is 0 Å². The molecular formula is C49H32N2. The number of rotatable bonds is 5. The van der Waals surface area contributed by atoms with E-state index < -0.39 is 0 Å². The lowest BCUT2D eigenvalue weighted by atomic mass is 9.85. The molecule has 0 radical (unpaired) electrons. The number of nitrogens with zero attached hydrogens (tertiary/aromatic N) is 2. The van der Waals surface area contributed by atoms with Crippen LogP contribution < -0.4 is 0 Å². The maximum Gasteiger partial charge on any atom is 0.145 e. The highest BCUT2D eigenvalue weighted by molar-refractivity contribution is 6.22. The van der Waals surface area contributed by atoms with E-state index in [2.05, 4.69) is 187 Å². The van der Waals surface area contributed by atoms with Crippen LogP contribution in [0.2, 0.25) is 0 Å². The van der Waals surface area contributed by atoms with Gasteiger partial charge in [0, 0.05) is 22.7 Å². The first kappa shape index (κ1) is 29.2. The van der Waals surface area contributed by atoms with Gasteiger partial charge in [-0.1, -0.05) is 146 Å². The summed E-state index contributed by atoms with van der Waals surface area (Å²) in [6.07, 6.45) is 1.90. The van der Waals surface area contributed by atoms with Gasteiger partial charge in [0.15, 0.2) is 0 Å². The molecule has 10 aromatic rings. The lowest BCUT2D eigenvalue weighted by molar-refractivity contribution is 1.14. The van der Waals surface area contributed by atoms with Crippen LogP contribution >= 0.6 is 0 Å². The molecule has 0 aliphatic heterocycles. The first-order valence-corrected chi connectivity index (χ1v) is 17.5. The van der Waals surface area contributed by atoms with E-state index in [4.69, 9.17) is 4.98 Å². The molecule has 0 aliphatic rings. The van der Waals surface area contributed by atoms with Crippen LogP contribution in [0.5, 0.6) is 0 Å². The summed E-state index contributed by atoms with van der Waals surface area (Å²) in [5, 5.41) is 7.31. The zero-order valence-corrected chi connectivity index (χ0v) is 27.9. The first-order chi connectivity index (χ1) is 25.3. The standard InChI is InChI=1S/C49H32N2/c1-3-14-33(15-4-1)35-18-11-20-37(30-35)47-40-22-7-9-24-42(40)48(43-25-10-8-23-41(43)47)38-27-28-46-45(32-38)44-26-13-29-50-49(44)51(46)39-21-12-19-36(31-39)34-16-5-2-6-17-34/h1-32H. The zero-order valence-electron chi connectivity index (χ0n) is 27.9. The Bertz CT molecular complexity index is 2840. The van der Waals surface area contributed by atoms with Crippen molar-refractivity contribution in [2.45, 2.75) is 0 Å². The van der Waals surface area contributed by atoms with Crippen LogP contribution in [0.25, 0.3) is 93.7 Å². The SMILES string of the molecule is c1ccc(-c2cccc(-c3c4ccccc4c(-c4ccc5c(c4)c4cccnc4n5-c4cccc(-c5ccccc5)c4)c4ccccc34)c2)cc1. The molecule has 0 spiro atoms. The molecule has 0 saturated heterocycles. The van der Waals surface area contributed by atoms with E-state index >= 15 is 0 Å². The second kappa shape index (κ2) is 12.0. The monoisotopic (exact) mass is 648 g/mol. The number of benzene rings is 8. The van der Waals surface area contributed by atoms with E-state index in [9.17, 15) is 0 Å². The van der Waals surface area contributed by atoms with Crippen LogP contribution in [0.15, 0.2) is 194 Å². The quantitative estimate of drug-likeness (QED) is 0.170. The van der Waals surface area contributed by atoms with Gasteiger partial charge in [-0.15, -0.1) is 0 Å². The Hall–Kier alpha value is -6.77. The Morgan fingerprint density at radius 1 is 0.314 bits per heavy atom. The summed E-state index contributed by atoms with van der Waals surface area (Å²) in [6.45, 7) is 0. The van der Waals surface area contributed by atoms with Crippen LogP contribution in [-0.2, 0) is 0 Å². The smallest absolute Gasteiger partial charge is 0.145 e. The average molecular weight is 649 g/mol. The molecule has 51 heavy (non-hydrogen) atoms. The molecule has 2 aromatic heterocycles. The van der Waals surface area contributed by atoms with Crippen LogP contribution in [0.4, 0.5) is 0 Å². The number of fused-ring (bicyclic) bond motifs is 5. The minimum absolute atomic E-state index is 0.957. The molecule has 0 bridgehead atoms. The highest BCUT2D eigenvalue weighted by Crippen LogP contribution is 2.45. The first-order valence-electron chi connectivity index (χ1n) is 17.5. The Balaban J connectivity index is 1.20. The van der Waals surface area contributed by atoms with E-state index in [1.54, 1.807) is 0 Å². The average Bonchev–Trinajstić information content (AvgIpc) is 3.54. The van der Waals surface area contributed by atoms with Gasteiger partial charge in [0.1, 0.15) is 5.65 Å². The van der Waals surface area contributed by atoms with Crippen LogP contribution in [0.3, 0.4) is 0 Å². The highest BCUT2D eigenvalue weighted by atomic mass is 15.0. The molecular weight excluding hydrogens is 617 g/mol. The molecule has 10 rings (SSSR count). The largest absolute Gasteiger partial charge is 0.294 e. The lowest BCUT2D eigenvalue weighted by Crippen LogP contribution is -1.96. The van der Waals surface area contributed by atoms with Gasteiger partial charge < -0.3 is 0 Å². The van der Waals surface area contributed by atoms with Crippen molar-refractivity contribution >= 4 is 43.5 Å². The minimum Gasteiger partial charge on any atom is -0.294 e. The van der Waals surface area contributed by atoms with Gasteiger partial charge in [0.05, 0.1) is 5.52 Å². The molecule has 0 fully saturated rings. The summed E-state index contributed by atoms with van der Waals surface area (Å²) in [6, 6.07) is 67.9. The van der Waals surface area contributed by atoms with Crippen molar-refractivity contribution in [2.24, 2.45) is 0 Å². The second-order valence-electron chi connectivity index (χ2n) is 13.1. The predicted octanol–water partition coefficient (Wildman–Crippen LogP) is 13.2. The molecule has 8 aromatic carbocycles. The van der Waals surface area contributed by atoms with Gasteiger partial charge in [-0.3, -0.25) is 4.57 Å². The summed E-state index contributed by atoms with van der Waals surface area (Å²) in [5.41, 5.74) is 12.9. The van der Waals surface area contributed by atoms with E-state index in [1.165, 1.54) is 71.4 Å². The van der Waals surface area contributed by atoms with Crippen molar-refractivity contribution in [1.29, 1.82) is 0 Å². The van der Waals surface area contributed by atoms with Crippen molar-refractivity contribution in [3.8, 4) is 50.2 Å². The molecule has 0 saturated carbocycles. The van der Waals surface area contributed by atoms with Gasteiger partial charge in [-0.25, -0.2) is 4.98 Å². The Morgan fingerprint density at radius 2 is 0.804 bits per heavy atom. The molecule has 2 nitrogen and oxygen atoms in total. The van der Waals surface area contributed by atoms with E-state index in [0.29, 0.717) is 0 Å². The Kier molecular flexibility index (Phi) is 6.85. The summed E-state index contributed by atoms with van der Waals surface area (Å²) in [4.78, 5) is 4.94. The second-order valence-corrected chi connectivity index (χ2v) is 13.1. The van der Waals surface area contributed by atoms with E-state index in [0.717, 1.165) is 22.2 Å². The third-order valence-corrected chi connectivity index (χ3v) is 10.2. The molecule has 238 valence electrons. The number of aromatic nitrogens is 2. The third kappa shape index (κ3) is 4.84. The lowest BCUT2D eigenvalue weighted by Gasteiger charge is -2.18. The van der Waals surface area contributed by atoms with Gasteiger partial charge in [-0.2, -0.15) is 0 Å². The normalized spacial score (nSPS) is 11.5. The van der Waals surface area contributed by atoms with Crippen molar-refractivity contribution in [1.82, 2.24) is 9.55 Å². The summed E-state index contributed by atoms with van der Waals surface area (Å²) >= 11 is 0. The maximum absolute atomic E-state index is 4.94. The van der Waals surface area contributed by atoms with E-state index in [1.807, 2.05) is 12.3 Å². The molecule has 2 heteroatoms. The zero-order chi connectivity index (χ0) is 33.7. The third-order valence-electron chi connectivity index (χ3n) is 10.2. The molecule has 2 heterocycles. The predicted molar refractivity (Wildman–Crippen MR) is 215 cm³/mol. The molecule has 0 atom stereocenters. The molecule has 0 aliphatic carbocycles. The van der Waals surface area contributed by atoms with Crippen molar-refractivity contribution in [3.05, 3.63) is 194 Å². The van der Waals surface area contributed by atoms with Gasteiger partial charge in [-0.05, 0) is 109 Å². The summed E-state index contributed by atoms with van der Waals surface area (Å²) in [5.74, 6) is 0. The van der Waals surface area contributed by atoms with Crippen molar-refractivity contribution < 1.29 is 0 Å². The summed E-state index contributed by atoms with van der Waals surface area (Å²) < 4.78 is 2.31. The van der Waals surface area contributed by atoms with Crippen LogP contribution in [-0.4, -0.2) is 9.55 Å². The van der Waals surface area contributed by atoms with Gasteiger partial charge in [0.2, 0.25) is 0 Å². The Morgan fingerprint density at radius 3 is 1.43 bits per heavy atom. The van der Waals surface area contributed by atoms with Crippen molar-refractivity contribution in [3.63, 3.8) is 0 Å². The molecule has 0 amide bonds. The fourth-order valence-electron chi connectivity index (χ4n) is 7.95. The van der Waals surface area contributed by atoms with Crippen LogP contribution in [0, 0.1) is 0 Å². The van der Waals surface area contributed by atoms with Crippen LogP contribution in [0.1, 0.15) is 0 Å². The fraction of sp³-hybridized carbons (Fsp3) is 0. The minimum atomic E-state index is 0.957. The molecule has 0 N–H and O–H groups in total. The number of pyridine rings is 1.